The molecule has 2 aliphatic heterocycles. The fraction of sp³-hybridized carbons (Fsp3) is 0.500. The monoisotopic (exact) mass is 317 g/mol. The minimum Gasteiger partial charge on any atom is -0.461 e. The Hall–Kier alpha value is -1.69. The lowest BCUT2D eigenvalue weighted by atomic mass is 9.83. The van der Waals surface area contributed by atoms with Crippen molar-refractivity contribution >= 4 is 5.97 Å². The van der Waals surface area contributed by atoms with Crippen molar-refractivity contribution in [2.24, 2.45) is 11.7 Å². The molecule has 0 radical (unpaired) electrons. The summed E-state index contributed by atoms with van der Waals surface area (Å²) < 4.78 is 16.0. The van der Waals surface area contributed by atoms with Gasteiger partial charge in [0.05, 0.1) is 31.3 Å². The van der Waals surface area contributed by atoms with Gasteiger partial charge in [-0.25, -0.2) is 0 Å². The molecule has 124 valence electrons. The second-order valence-electron chi connectivity index (χ2n) is 6.29. The van der Waals surface area contributed by atoms with Gasteiger partial charge in [-0.3, -0.25) is 4.79 Å². The maximum absolute atomic E-state index is 12.5. The largest absolute Gasteiger partial charge is 0.461 e. The van der Waals surface area contributed by atoms with Crippen LogP contribution in [0.15, 0.2) is 36.9 Å². The fourth-order valence-electron chi connectivity index (χ4n) is 3.16. The van der Waals surface area contributed by atoms with Crippen LogP contribution in [0.4, 0.5) is 0 Å². The van der Waals surface area contributed by atoms with Crippen molar-refractivity contribution in [1.82, 2.24) is 0 Å². The summed E-state index contributed by atoms with van der Waals surface area (Å²) in [6.45, 7) is 6.17. The maximum Gasteiger partial charge on any atom is 0.314 e. The summed E-state index contributed by atoms with van der Waals surface area (Å²) in [4.78, 5) is 12.5. The van der Waals surface area contributed by atoms with Gasteiger partial charge in [0.25, 0.3) is 0 Å². The number of esters is 1. The fourth-order valence-corrected chi connectivity index (χ4v) is 3.16. The van der Waals surface area contributed by atoms with Crippen molar-refractivity contribution in [1.29, 1.82) is 0 Å². The van der Waals surface area contributed by atoms with Crippen LogP contribution in [0, 0.1) is 5.92 Å². The van der Waals surface area contributed by atoms with Crippen LogP contribution in [-0.4, -0.2) is 39.0 Å². The van der Waals surface area contributed by atoms with Crippen molar-refractivity contribution < 1.29 is 19.0 Å². The maximum atomic E-state index is 12.5. The second kappa shape index (κ2) is 6.83. The predicted octanol–water partition coefficient (Wildman–Crippen LogP) is 1.72. The first-order valence-corrected chi connectivity index (χ1v) is 7.96. The third kappa shape index (κ3) is 3.32. The molecule has 2 unspecified atom stereocenters. The van der Waals surface area contributed by atoms with E-state index in [9.17, 15) is 4.79 Å². The molecule has 1 aromatic carbocycles. The molecule has 2 fully saturated rings. The van der Waals surface area contributed by atoms with Gasteiger partial charge in [0.1, 0.15) is 6.61 Å². The average Bonchev–Trinajstić information content (AvgIpc) is 3.05. The topological polar surface area (TPSA) is 70.8 Å². The first kappa shape index (κ1) is 16.2. The SMILES string of the molecule is C=CCOC(=O)C(c1ccc(C2(N)COC2)cc1)C1CCOC1. The van der Waals surface area contributed by atoms with E-state index in [4.69, 9.17) is 19.9 Å². The highest BCUT2D eigenvalue weighted by atomic mass is 16.5. The third-order valence-corrected chi connectivity index (χ3v) is 4.60. The van der Waals surface area contributed by atoms with Crippen LogP contribution in [0.2, 0.25) is 0 Å². The normalized spacial score (nSPS) is 23.8. The number of benzene rings is 1. The Morgan fingerprint density at radius 3 is 2.65 bits per heavy atom. The Morgan fingerprint density at radius 1 is 1.39 bits per heavy atom. The highest BCUT2D eigenvalue weighted by Crippen LogP contribution is 2.34. The van der Waals surface area contributed by atoms with Crippen molar-refractivity contribution in [3.8, 4) is 0 Å². The first-order valence-electron chi connectivity index (χ1n) is 7.96. The summed E-state index contributed by atoms with van der Waals surface area (Å²) in [5.41, 5.74) is 7.84. The molecule has 23 heavy (non-hydrogen) atoms. The standard InChI is InChI=1S/C18H23NO4/c1-2-8-23-17(20)16(14-7-9-21-10-14)13-3-5-15(6-4-13)18(19)11-22-12-18/h2-6,14,16H,1,7-12,19H2. The van der Waals surface area contributed by atoms with E-state index in [1.165, 1.54) is 0 Å². The molecule has 5 nitrogen and oxygen atoms in total. The molecule has 2 aliphatic rings. The first-order chi connectivity index (χ1) is 11.1. The van der Waals surface area contributed by atoms with Gasteiger partial charge in [-0.2, -0.15) is 0 Å². The molecule has 0 bridgehead atoms. The number of carbonyl (C=O) groups excluding carboxylic acids is 1. The number of carbonyl (C=O) groups is 1. The van der Waals surface area contributed by atoms with Crippen LogP contribution in [0.25, 0.3) is 0 Å². The lowest BCUT2D eigenvalue weighted by Crippen LogP contribution is -2.54. The highest BCUT2D eigenvalue weighted by molar-refractivity contribution is 5.78. The number of hydrogen-bond acceptors (Lipinski definition) is 5. The van der Waals surface area contributed by atoms with Gasteiger partial charge in [0, 0.05) is 12.5 Å². The molecule has 0 spiro atoms. The van der Waals surface area contributed by atoms with Crippen LogP contribution < -0.4 is 5.73 Å². The van der Waals surface area contributed by atoms with Gasteiger partial charge in [-0.1, -0.05) is 36.9 Å². The van der Waals surface area contributed by atoms with E-state index < -0.39 is 5.54 Å². The third-order valence-electron chi connectivity index (χ3n) is 4.60. The Morgan fingerprint density at radius 2 is 2.13 bits per heavy atom. The lowest BCUT2D eigenvalue weighted by Gasteiger charge is -2.38. The molecule has 0 aromatic heterocycles. The molecule has 5 heteroatoms. The number of nitrogens with two attached hydrogens (primary N) is 1. The Labute approximate surface area is 136 Å². The molecular weight excluding hydrogens is 294 g/mol. The number of rotatable bonds is 6. The van der Waals surface area contributed by atoms with Gasteiger partial charge in [0.2, 0.25) is 0 Å². The van der Waals surface area contributed by atoms with Gasteiger partial charge < -0.3 is 19.9 Å². The van der Waals surface area contributed by atoms with Gasteiger partial charge >= 0.3 is 5.97 Å². The molecule has 2 N–H and O–H groups in total. The van der Waals surface area contributed by atoms with E-state index >= 15 is 0 Å². The summed E-state index contributed by atoms with van der Waals surface area (Å²) in [7, 11) is 0. The van der Waals surface area contributed by atoms with E-state index in [-0.39, 0.29) is 24.4 Å². The molecule has 0 amide bonds. The minimum absolute atomic E-state index is 0.150. The molecule has 1 aromatic rings. The molecular formula is C18H23NO4. The molecule has 2 atom stereocenters. The molecule has 3 rings (SSSR count). The van der Waals surface area contributed by atoms with Crippen molar-refractivity contribution in [2.45, 2.75) is 17.9 Å². The van der Waals surface area contributed by atoms with Crippen molar-refractivity contribution in [3.05, 3.63) is 48.0 Å². The van der Waals surface area contributed by atoms with Crippen LogP contribution in [0.5, 0.6) is 0 Å². The van der Waals surface area contributed by atoms with Crippen molar-refractivity contribution in [2.75, 3.05) is 33.0 Å². The van der Waals surface area contributed by atoms with Crippen LogP contribution in [0.1, 0.15) is 23.5 Å². The number of hydrogen-bond donors (Lipinski definition) is 1. The Kier molecular flexibility index (Phi) is 4.80. The molecule has 0 aliphatic carbocycles. The average molecular weight is 317 g/mol. The van der Waals surface area contributed by atoms with E-state index in [1.807, 2.05) is 24.3 Å². The minimum atomic E-state index is -0.395. The zero-order valence-corrected chi connectivity index (χ0v) is 13.2. The van der Waals surface area contributed by atoms with Gasteiger partial charge in [-0.05, 0) is 17.5 Å². The summed E-state index contributed by atoms with van der Waals surface area (Å²) in [6, 6.07) is 7.92. The van der Waals surface area contributed by atoms with Crippen molar-refractivity contribution in [3.63, 3.8) is 0 Å². The Balaban J connectivity index is 1.80. The quantitative estimate of drug-likeness (QED) is 0.639. The predicted molar refractivity (Wildman–Crippen MR) is 85.9 cm³/mol. The van der Waals surface area contributed by atoms with Gasteiger partial charge in [0.15, 0.2) is 0 Å². The second-order valence-corrected chi connectivity index (χ2v) is 6.29. The molecule has 0 saturated carbocycles. The summed E-state index contributed by atoms with van der Waals surface area (Å²) >= 11 is 0. The zero-order chi connectivity index (χ0) is 16.3. The van der Waals surface area contributed by atoms with E-state index in [2.05, 4.69) is 6.58 Å². The molecule has 2 saturated heterocycles. The summed E-state index contributed by atoms with van der Waals surface area (Å²) in [6.07, 6.45) is 2.45. The highest BCUT2D eigenvalue weighted by Gasteiger charge is 2.37. The van der Waals surface area contributed by atoms with E-state index in [1.54, 1.807) is 6.08 Å². The van der Waals surface area contributed by atoms with Crippen LogP contribution in [0.3, 0.4) is 0 Å². The van der Waals surface area contributed by atoms with Gasteiger partial charge in [-0.15, -0.1) is 0 Å². The Bertz CT molecular complexity index is 559. The van der Waals surface area contributed by atoms with Crippen LogP contribution in [-0.2, 0) is 24.5 Å². The van der Waals surface area contributed by atoms with E-state index in [0.29, 0.717) is 26.4 Å². The number of ether oxygens (including phenoxy) is 3. The zero-order valence-electron chi connectivity index (χ0n) is 13.2. The van der Waals surface area contributed by atoms with Crippen LogP contribution >= 0.6 is 0 Å². The lowest BCUT2D eigenvalue weighted by molar-refractivity contribution is -0.145. The summed E-state index contributed by atoms with van der Waals surface area (Å²) in [5, 5.41) is 0. The smallest absolute Gasteiger partial charge is 0.314 e. The molecule has 2 heterocycles. The van der Waals surface area contributed by atoms with E-state index in [0.717, 1.165) is 17.5 Å². The summed E-state index contributed by atoms with van der Waals surface area (Å²) in [5.74, 6) is -0.377.